The zero-order chi connectivity index (χ0) is 15.5. The molecule has 1 aromatic heterocycles. The van der Waals surface area contributed by atoms with Gasteiger partial charge in [0.2, 0.25) is 0 Å². The van der Waals surface area contributed by atoms with Crippen LogP contribution >= 0.6 is 0 Å². The van der Waals surface area contributed by atoms with Gasteiger partial charge in [-0.05, 0) is 57.9 Å². The van der Waals surface area contributed by atoms with Crippen molar-refractivity contribution in [2.24, 2.45) is 24.8 Å². The lowest BCUT2D eigenvalue weighted by molar-refractivity contribution is 0.160. The van der Waals surface area contributed by atoms with Gasteiger partial charge in [-0.25, -0.2) is 4.98 Å². The summed E-state index contributed by atoms with van der Waals surface area (Å²) >= 11 is 0. The Labute approximate surface area is 129 Å². The van der Waals surface area contributed by atoms with Crippen molar-refractivity contribution in [1.29, 1.82) is 0 Å². The molecule has 2 rings (SSSR count). The highest BCUT2D eigenvalue weighted by molar-refractivity contribution is 4.92. The van der Waals surface area contributed by atoms with Gasteiger partial charge < -0.3 is 5.32 Å². The first-order valence-electron chi connectivity index (χ1n) is 8.47. The molecule has 0 amide bonds. The molecule has 0 saturated heterocycles. The van der Waals surface area contributed by atoms with Crippen molar-refractivity contribution in [2.75, 3.05) is 6.54 Å². The third-order valence-electron chi connectivity index (χ3n) is 4.97. The van der Waals surface area contributed by atoms with Crippen LogP contribution in [0.3, 0.4) is 0 Å². The van der Waals surface area contributed by atoms with Gasteiger partial charge in [0, 0.05) is 19.0 Å². The van der Waals surface area contributed by atoms with E-state index in [2.05, 4.69) is 43.1 Å². The summed E-state index contributed by atoms with van der Waals surface area (Å²) < 4.78 is 1.93. The number of rotatable bonds is 5. The molecule has 120 valence electrons. The second-order valence-electron chi connectivity index (χ2n) is 7.74. The third-order valence-corrected chi connectivity index (χ3v) is 4.97. The first-order valence-corrected chi connectivity index (χ1v) is 8.47. The number of nitrogens with zero attached hydrogens (tertiary/aromatic N) is 3. The Kier molecular flexibility index (Phi) is 5.42. The number of nitrogens with one attached hydrogen (secondary N) is 1. The van der Waals surface area contributed by atoms with Crippen LogP contribution in [0.4, 0.5) is 0 Å². The monoisotopic (exact) mass is 292 g/mol. The average Bonchev–Trinajstić information content (AvgIpc) is 2.82. The Balaban J connectivity index is 2.01. The Morgan fingerprint density at radius 3 is 2.62 bits per heavy atom. The minimum absolute atomic E-state index is 0.205. The van der Waals surface area contributed by atoms with E-state index in [1.54, 1.807) is 6.33 Å². The Bertz CT molecular complexity index is 432. The maximum absolute atomic E-state index is 4.44. The lowest BCUT2D eigenvalue weighted by Gasteiger charge is -2.37. The normalized spacial score (nSPS) is 27.0. The van der Waals surface area contributed by atoms with Gasteiger partial charge in [-0.2, -0.15) is 5.10 Å². The summed E-state index contributed by atoms with van der Waals surface area (Å²) in [4.78, 5) is 4.44. The van der Waals surface area contributed by atoms with Crippen LogP contribution < -0.4 is 5.32 Å². The van der Waals surface area contributed by atoms with E-state index in [-0.39, 0.29) is 5.54 Å². The molecule has 0 bridgehead atoms. The number of hydrogen-bond acceptors (Lipinski definition) is 3. The topological polar surface area (TPSA) is 42.7 Å². The minimum Gasteiger partial charge on any atom is -0.312 e. The highest BCUT2D eigenvalue weighted by Crippen LogP contribution is 2.37. The van der Waals surface area contributed by atoms with Gasteiger partial charge in [0.1, 0.15) is 12.2 Å². The van der Waals surface area contributed by atoms with Gasteiger partial charge in [0.25, 0.3) is 0 Å². The number of aryl methyl sites for hydroxylation is 1. The summed E-state index contributed by atoms with van der Waals surface area (Å²) in [6.45, 7) is 10.2. The van der Waals surface area contributed by atoms with Gasteiger partial charge in [-0.3, -0.25) is 4.68 Å². The molecule has 21 heavy (non-hydrogen) atoms. The van der Waals surface area contributed by atoms with Crippen molar-refractivity contribution in [3.8, 4) is 0 Å². The summed E-state index contributed by atoms with van der Waals surface area (Å²) in [7, 11) is 2.00. The highest BCUT2D eigenvalue weighted by Gasteiger charge is 2.31. The molecule has 1 N–H and O–H groups in total. The molecule has 1 aliphatic rings. The van der Waals surface area contributed by atoms with Crippen LogP contribution in [0.2, 0.25) is 0 Å². The molecule has 4 heteroatoms. The molecule has 1 saturated carbocycles. The van der Waals surface area contributed by atoms with E-state index in [4.69, 9.17) is 0 Å². The van der Waals surface area contributed by atoms with E-state index in [0.29, 0.717) is 0 Å². The summed E-state index contributed by atoms with van der Waals surface area (Å²) in [5, 5.41) is 7.93. The SMILES string of the molecule is CCC1CCC(CNC(C)(C)C)C(Cc2ncnn2C)C1. The fourth-order valence-corrected chi connectivity index (χ4v) is 3.49. The quantitative estimate of drug-likeness (QED) is 0.906. The molecular weight excluding hydrogens is 260 g/mol. The maximum Gasteiger partial charge on any atom is 0.138 e. The van der Waals surface area contributed by atoms with Gasteiger partial charge in [-0.15, -0.1) is 0 Å². The molecule has 0 radical (unpaired) electrons. The second-order valence-corrected chi connectivity index (χ2v) is 7.74. The molecule has 3 unspecified atom stereocenters. The van der Waals surface area contributed by atoms with E-state index in [0.717, 1.165) is 36.5 Å². The predicted molar refractivity (Wildman–Crippen MR) is 87.1 cm³/mol. The molecule has 0 spiro atoms. The van der Waals surface area contributed by atoms with Crippen LogP contribution in [0.1, 0.15) is 59.2 Å². The zero-order valence-corrected chi connectivity index (χ0v) is 14.4. The number of aromatic nitrogens is 3. The number of hydrogen-bond donors (Lipinski definition) is 1. The Morgan fingerprint density at radius 1 is 1.29 bits per heavy atom. The summed E-state index contributed by atoms with van der Waals surface area (Å²) in [5.41, 5.74) is 0.205. The summed E-state index contributed by atoms with van der Waals surface area (Å²) in [6.07, 6.45) is 8.16. The van der Waals surface area contributed by atoms with Crippen LogP contribution in [0.25, 0.3) is 0 Å². The van der Waals surface area contributed by atoms with Crippen molar-refractivity contribution < 1.29 is 0 Å². The van der Waals surface area contributed by atoms with Crippen molar-refractivity contribution >= 4 is 0 Å². The molecule has 1 heterocycles. The summed E-state index contributed by atoms with van der Waals surface area (Å²) in [5.74, 6) is 3.54. The molecule has 1 aliphatic carbocycles. The smallest absolute Gasteiger partial charge is 0.138 e. The fourth-order valence-electron chi connectivity index (χ4n) is 3.49. The zero-order valence-electron chi connectivity index (χ0n) is 14.4. The third kappa shape index (κ3) is 4.80. The molecular formula is C17H32N4. The molecule has 1 aromatic rings. The van der Waals surface area contributed by atoms with Gasteiger partial charge in [-0.1, -0.05) is 19.8 Å². The molecule has 4 nitrogen and oxygen atoms in total. The average molecular weight is 292 g/mol. The van der Waals surface area contributed by atoms with Gasteiger partial charge in [0.05, 0.1) is 0 Å². The molecule has 0 aliphatic heterocycles. The van der Waals surface area contributed by atoms with E-state index >= 15 is 0 Å². The van der Waals surface area contributed by atoms with Crippen LogP contribution in [-0.4, -0.2) is 26.8 Å². The largest absolute Gasteiger partial charge is 0.312 e. The standard InChI is InChI=1S/C17H32N4/c1-6-13-7-8-14(11-19-17(2,3)4)15(9-13)10-16-18-12-20-21(16)5/h12-15,19H,6-11H2,1-5H3. The van der Waals surface area contributed by atoms with E-state index in [1.165, 1.54) is 25.7 Å². The van der Waals surface area contributed by atoms with Crippen molar-refractivity contribution in [2.45, 2.75) is 65.3 Å². The molecule has 3 atom stereocenters. The molecule has 1 fully saturated rings. The highest BCUT2D eigenvalue weighted by atomic mass is 15.3. The molecule has 0 aromatic carbocycles. The van der Waals surface area contributed by atoms with Crippen molar-refractivity contribution in [3.05, 3.63) is 12.2 Å². The summed E-state index contributed by atoms with van der Waals surface area (Å²) in [6, 6.07) is 0. The minimum atomic E-state index is 0.205. The van der Waals surface area contributed by atoms with Gasteiger partial charge in [0.15, 0.2) is 0 Å². The first kappa shape index (κ1) is 16.5. The maximum atomic E-state index is 4.44. The van der Waals surface area contributed by atoms with Crippen LogP contribution in [0.5, 0.6) is 0 Å². The fraction of sp³-hybridized carbons (Fsp3) is 0.882. The van der Waals surface area contributed by atoms with Crippen molar-refractivity contribution in [3.63, 3.8) is 0 Å². The van der Waals surface area contributed by atoms with Crippen LogP contribution in [0.15, 0.2) is 6.33 Å². The van der Waals surface area contributed by atoms with Crippen LogP contribution in [-0.2, 0) is 13.5 Å². The Morgan fingerprint density at radius 2 is 2.05 bits per heavy atom. The van der Waals surface area contributed by atoms with Crippen LogP contribution in [0, 0.1) is 17.8 Å². The Hall–Kier alpha value is -0.900. The lowest BCUT2D eigenvalue weighted by Crippen LogP contribution is -2.42. The lowest BCUT2D eigenvalue weighted by atomic mass is 9.71. The van der Waals surface area contributed by atoms with Gasteiger partial charge >= 0.3 is 0 Å². The first-order chi connectivity index (χ1) is 9.89. The second kappa shape index (κ2) is 6.91. The van der Waals surface area contributed by atoms with Crippen molar-refractivity contribution in [1.82, 2.24) is 20.1 Å². The van der Waals surface area contributed by atoms with E-state index in [9.17, 15) is 0 Å². The predicted octanol–water partition coefficient (Wildman–Crippen LogP) is 3.19. The van der Waals surface area contributed by atoms with E-state index < -0.39 is 0 Å². The van der Waals surface area contributed by atoms with E-state index in [1.807, 2.05) is 11.7 Å².